The second kappa shape index (κ2) is 14.0. The van der Waals surface area contributed by atoms with Crippen molar-refractivity contribution >= 4 is 26.8 Å². The fourth-order valence-corrected chi connectivity index (χ4v) is 15.3. The summed E-state index contributed by atoms with van der Waals surface area (Å²) >= 11 is -0.556. The van der Waals surface area contributed by atoms with Gasteiger partial charge in [0.15, 0.2) is 0 Å². The Balaban J connectivity index is 0.00000111. The zero-order chi connectivity index (χ0) is 32.2. The minimum absolute atomic E-state index is 0. The summed E-state index contributed by atoms with van der Waals surface area (Å²) in [5, 5.41) is 5.72. The van der Waals surface area contributed by atoms with E-state index in [1.54, 1.807) is 5.57 Å². The second-order valence-electron chi connectivity index (χ2n) is 17.3. The van der Waals surface area contributed by atoms with E-state index in [1.165, 1.54) is 43.3 Å². The Bertz CT molecular complexity index is 1200. The van der Waals surface area contributed by atoms with Crippen molar-refractivity contribution in [2.75, 3.05) is 0 Å². The van der Waals surface area contributed by atoms with Crippen LogP contribution in [-0.4, -0.2) is 30.5 Å². The van der Waals surface area contributed by atoms with Gasteiger partial charge in [-0.3, -0.25) is 0 Å². The van der Waals surface area contributed by atoms with Crippen LogP contribution in [0, 0.1) is 47.8 Å². The summed E-state index contributed by atoms with van der Waals surface area (Å²) in [6.45, 7) is 24.6. The summed E-state index contributed by atoms with van der Waals surface area (Å²) < 4.78 is 3.01. The average molecular weight is 704 g/mol. The molecule has 0 amide bonds. The molecule has 0 bridgehead atoms. The summed E-state index contributed by atoms with van der Waals surface area (Å²) in [5.74, 6) is 3.08. The molecule has 0 radical (unpaired) electrons. The van der Waals surface area contributed by atoms with Crippen molar-refractivity contribution in [3.63, 3.8) is 0 Å². The Morgan fingerprint density at radius 2 is 1.31 bits per heavy atom. The van der Waals surface area contributed by atoms with Crippen LogP contribution in [0.1, 0.15) is 87.5 Å². The molecule has 250 valence electrons. The third kappa shape index (κ3) is 7.27. The van der Waals surface area contributed by atoms with E-state index in [9.17, 15) is 0 Å². The first kappa shape index (κ1) is 37.7. The van der Waals surface area contributed by atoms with Crippen LogP contribution in [-0.2, 0) is 17.0 Å². The summed E-state index contributed by atoms with van der Waals surface area (Å²) in [6, 6.07) is 0.734. The molecule has 1 heterocycles. The van der Waals surface area contributed by atoms with Crippen LogP contribution in [0.3, 0.4) is 0 Å². The number of rotatable bonds is 3. The third-order valence-corrected chi connectivity index (χ3v) is 16.2. The van der Waals surface area contributed by atoms with E-state index >= 15 is 0 Å². The summed E-state index contributed by atoms with van der Waals surface area (Å²) in [7, 11) is 7.73. The molecule has 6 rings (SSSR count). The second-order valence-corrected chi connectivity index (χ2v) is 24.4. The van der Waals surface area contributed by atoms with Crippen LogP contribution in [0.2, 0.25) is 18.6 Å². The number of fused-ring (bicyclic) bond motifs is 4. The average Bonchev–Trinajstić information content (AvgIpc) is 3.43. The van der Waals surface area contributed by atoms with Gasteiger partial charge >= 0.3 is 35.6 Å². The fourth-order valence-electron chi connectivity index (χ4n) is 9.98. The molecule has 3 fully saturated rings. The van der Waals surface area contributed by atoms with Gasteiger partial charge in [-0.2, -0.15) is 0 Å². The summed E-state index contributed by atoms with van der Waals surface area (Å²) in [5.41, 5.74) is 5.54. The van der Waals surface area contributed by atoms with Crippen molar-refractivity contribution < 1.29 is 17.0 Å². The molecule has 45 heavy (non-hydrogen) atoms. The van der Waals surface area contributed by atoms with E-state index in [0.29, 0.717) is 41.3 Å². The van der Waals surface area contributed by atoms with Crippen LogP contribution >= 0.6 is 18.6 Å². The molecule has 0 aromatic rings. The summed E-state index contributed by atoms with van der Waals surface area (Å²) in [4.78, 5) is 0. The standard InChI is InChI=1S/C38H57N2Si.CH3.2ClH.Ti/c1-36(2,3)26-19-21-29-30-22-20-27(37(4,5)6)24-32(30)35(31(29)23-26)41(9,10)40-33-18-14-17-28(25-15-12-11-13-16-25)34(33)39-38(40,7)8;;;;/h14,17-25,29-35H,11-13,15-16H2,1-10H3;1H3;2*1H;/q2*-1;;;+2/p-2/t29?,30?,31?,32?,33-,34?,35?;;;;/m1..../s1. The van der Waals surface area contributed by atoms with Gasteiger partial charge in [-0.15, -0.1) is 0 Å². The molecular weight excluding hydrogens is 643 g/mol. The van der Waals surface area contributed by atoms with Crippen LogP contribution in [0.25, 0.3) is 5.32 Å². The number of hydrogen-bond acceptors (Lipinski definition) is 1. The molecule has 5 aliphatic carbocycles. The minimum atomic E-state index is -2.05. The fraction of sp³-hybridized carbons (Fsp3) is 0.667. The van der Waals surface area contributed by atoms with E-state index < -0.39 is 25.3 Å². The molecule has 2 saturated carbocycles. The van der Waals surface area contributed by atoms with E-state index in [-0.39, 0.29) is 23.9 Å². The molecule has 0 spiro atoms. The Kier molecular flexibility index (Phi) is 11.7. The van der Waals surface area contributed by atoms with Gasteiger partial charge in [-0.05, 0) is 69.9 Å². The molecule has 6 aliphatic rings. The monoisotopic (exact) mass is 702 g/mol. The number of nitrogens with zero attached hydrogens (tertiary/aromatic N) is 2. The molecule has 0 aromatic heterocycles. The van der Waals surface area contributed by atoms with Crippen LogP contribution < -0.4 is 0 Å². The van der Waals surface area contributed by atoms with Gasteiger partial charge in [0.1, 0.15) is 8.24 Å². The van der Waals surface area contributed by atoms with E-state index in [0.717, 1.165) is 5.92 Å². The Hall–Kier alpha value is -0.129. The van der Waals surface area contributed by atoms with Gasteiger partial charge in [0.25, 0.3) is 0 Å². The zero-order valence-corrected chi connectivity index (χ0v) is 34.1. The molecule has 0 N–H and O–H groups in total. The predicted octanol–water partition coefficient (Wildman–Crippen LogP) is 12.2. The Labute approximate surface area is 295 Å². The van der Waals surface area contributed by atoms with Crippen LogP contribution in [0.4, 0.5) is 0 Å². The van der Waals surface area contributed by atoms with Gasteiger partial charge in [0.05, 0.1) is 0 Å². The van der Waals surface area contributed by atoms with Gasteiger partial charge < -0.3 is 17.3 Å². The molecule has 1 saturated heterocycles. The molecule has 2 nitrogen and oxygen atoms in total. The third-order valence-electron chi connectivity index (χ3n) is 11.8. The van der Waals surface area contributed by atoms with Gasteiger partial charge in [0, 0.05) is 6.04 Å². The van der Waals surface area contributed by atoms with Crippen molar-refractivity contribution in [2.24, 2.45) is 40.4 Å². The van der Waals surface area contributed by atoms with Crippen molar-refractivity contribution in [3.8, 4) is 0 Å². The van der Waals surface area contributed by atoms with E-state index in [4.69, 9.17) is 23.9 Å². The maximum absolute atomic E-state index is 5.72. The number of halogens is 2. The van der Waals surface area contributed by atoms with Gasteiger partial charge in [-0.1, -0.05) is 160 Å². The number of allylic oxidation sites excluding steroid dienone is 10. The predicted molar refractivity (Wildman–Crippen MR) is 197 cm³/mol. The van der Waals surface area contributed by atoms with Crippen molar-refractivity contribution in [1.82, 2.24) is 4.57 Å². The van der Waals surface area contributed by atoms with E-state index in [2.05, 4.69) is 128 Å². The van der Waals surface area contributed by atoms with Crippen molar-refractivity contribution in [1.29, 1.82) is 0 Å². The van der Waals surface area contributed by atoms with Gasteiger partial charge in [-0.25, -0.2) is 0 Å². The quantitative estimate of drug-likeness (QED) is 0.211. The number of hydrogen-bond donors (Lipinski definition) is 0. The Morgan fingerprint density at radius 3 is 1.78 bits per heavy atom. The molecule has 6 heteroatoms. The molecule has 6 atom stereocenters. The Morgan fingerprint density at radius 1 is 0.822 bits per heavy atom. The van der Waals surface area contributed by atoms with Crippen molar-refractivity contribution in [3.05, 3.63) is 84.1 Å². The first-order valence-corrected chi connectivity index (χ1v) is 24.5. The van der Waals surface area contributed by atoms with Gasteiger partial charge in [0.2, 0.25) is 0 Å². The molecule has 0 aromatic carbocycles. The first-order chi connectivity index (χ1) is 20.5. The summed E-state index contributed by atoms with van der Waals surface area (Å²) in [6.07, 6.45) is 29.9. The van der Waals surface area contributed by atoms with E-state index in [1.807, 2.05) is 0 Å². The maximum atomic E-state index is 5.72. The van der Waals surface area contributed by atoms with Crippen LogP contribution in [0.5, 0.6) is 0 Å². The normalized spacial score (nSPS) is 34.3. The molecule has 1 aliphatic heterocycles. The topological polar surface area (TPSA) is 17.3 Å². The van der Waals surface area contributed by atoms with Crippen molar-refractivity contribution in [2.45, 2.75) is 124 Å². The first-order valence-electron chi connectivity index (χ1n) is 17.2. The SMILES string of the molecule is CC(C)(C)C1=CC2C(C=C1)C1C=CC(C(C)(C)C)=CC1C2[Si](C)(C)N1[C@@H]2C=CC=C(C3CCCCC3)C2[N-]C1(C)C.[CH3-].[Cl][Ti][Cl]. The molecule has 5 unspecified atom stereocenters. The molecular formula is C39H60Cl2N2SiTi-2. The van der Waals surface area contributed by atoms with Crippen LogP contribution in [0.15, 0.2) is 71.4 Å². The zero-order valence-electron chi connectivity index (χ0n) is 30.0.